The van der Waals surface area contributed by atoms with Gasteiger partial charge in [-0.15, -0.1) is 0 Å². The molecule has 1 spiro atoms. The van der Waals surface area contributed by atoms with Crippen molar-refractivity contribution in [3.8, 4) is 11.5 Å². The molecule has 8 heteroatoms. The summed E-state index contributed by atoms with van der Waals surface area (Å²) in [4.78, 5) is 33.4. The Hall–Kier alpha value is -5.08. The third-order valence-electron chi connectivity index (χ3n) is 15.0. The fraction of sp³-hybridized carbons (Fsp3) is 0.440. The van der Waals surface area contributed by atoms with Gasteiger partial charge >= 0.3 is 0 Å². The number of hydrogen-bond donors (Lipinski definition) is 2. The van der Waals surface area contributed by atoms with Gasteiger partial charge in [0.05, 0.1) is 7.11 Å². The number of piperidine rings is 3. The van der Waals surface area contributed by atoms with Crippen LogP contribution < -0.4 is 15.0 Å². The van der Waals surface area contributed by atoms with Crippen LogP contribution in [0.25, 0.3) is 0 Å². The van der Waals surface area contributed by atoms with Crippen molar-refractivity contribution in [2.45, 2.75) is 94.0 Å². The molecular formula is C50H56N4O4. The molecule has 3 fully saturated rings. The Balaban J connectivity index is 0.775. The molecule has 4 aromatic rings. The van der Waals surface area contributed by atoms with E-state index in [4.69, 9.17) is 4.74 Å². The quantitative estimate of drug-likeness (QED) is 0.197. The molecule has 3 atom stereocenters. The van der Waals surface area contributed by atoms with Crippen molar-refractivity contribution in [3.63, 3.8) is 0 Å². The van der Waals surface area contributed by atoms with Crippen LogP contribution in [0, 0.1) is 5.92 Å². The summed E-state index contributed by atoms with van der Waals surface area (Å²) >= 11 is 0. The van der Waals surface area contributed by atoms with Gasteiger partial charge in [0, 0.05) is 60.7 Å². The average Bonchev–Trinajstić information content (AvgIpc) is 3.76. The van der Waals surface area contributed by atoms with Crippen molar-refractivity contribution < 1.29 is 19.4 Å². The normalized spacial score (nSPS) is 24.4. The van der Waals surface area contributed by atoms with E-state index in [2.05, 4.69) is 88.4 Å². The molecule has 300 valence electrons. The van der Waals surface area contributed by atoms with E-state index in [0.29, 0.717) is 30.6 Å². The highest BCUT2D eigenvalue weighted by molar-refractivity contribution is 6.01. The molecule has 4 heterocycles. The largest absolute Gasteiger partial charge is 0.508 e. The number of carbonyl (C=O) groups excluding carboxylic acids is 2. The molecule has 0 aromatic heterocycles. The number of amides is 2. The summed E-state index contributed by atoms with van der Waals surface area (Å²) in [6.45, 7) is 9.96. The van der Waals surface area contributed by atoms with Crippen LogP contribution in [-0.4, -0.2) is 72.6 Å². The molecule has 0 bridgehead atoms. The number of aromatic hydroxyl groups is 1. The van der Waals surface area contributed by atoms with E-state index in [1.54, 1.807) is 12.0 Å². The molecule has 4 aromatic carbocycles. The minimum atomic E-state index is -0.413. The standard InChI is InChI=1S/C50H56N4O4/c1-32-8-15-45(48(56)51-32)54-31-37-28-44-36(27-43(37)49(54)57)16-19-50(44)20-24-52(25-21-50)30-33-17-22-53(23-18-33)38-10-13-42(46(29-38)58-2)47-40(34-6-4-3-5-7-34)12-9-35-26-39(55)11-14-41(35)47/h3-7,10-11,13-14,26-29,33,40,45,47,55H,1,8-9,12,15-25,30-31H2,2H3,(H,51,56)/t40-,45-,47+/m0/s1. The molecule has 4 aliphatic heterocycles. The Bertz CT molecular complexity index is 2250. The number of hydrogen-bond acceptors (Lipinski definition) is 6. The third kappa shape index (κ3) is 6.58. The van der Waals surface area contributed by atoms with Gasteiger partial charge in [0.15, 0.2) is 0 Å². The number of fused-ring (bicyclic) bond motifs is 4. The van der Waals surface area contributed by atoms with Crippen LogP contribution in [-0.2, 0) is 29.6 Å². The summed E-state index contributed by atoms with van der Waals surface area (Å²) in [5.74, 6) is 2.36. The van der Waals surface area contributed by atoms with Crippen molar-refractivity contribution >= 4 is 17.5 Å². The number of carbonyl (C=O) groups is 2. The lowest BCUT2D eigenvalue weighted by atomic mass is 9.69. The van der Waals surface area contributed by atoms with Gasteiger partial charge in [-0.25, -0.2) is 0 Å². The Kier molecular flexibility index (Phi) is 9.59. The van der Waals surface area contributed by atoms with Crippen molar-refractivity contribution in [2.24, 2.45) is 5.92 Å². The van der Waals surface area contributed by atoms with Gasteiger partial charge in [0.1, 0.15) is 17.5 Å². The number of rotatable bonds is 7. The summed E-state index contributed by atoms with van der Waals surface area (Å²) < 4.78 is 6.18. The van der Waals surface area contributed by atoms with E-state index in [1.165, 1.54) is 77.7 Å². The molecule has 2 aliphatic carbocycles. The molecule has 0 unspecified atom stereocenters. The number of methoxy groups -OCH3 is 1. The molecule has 10 rings (SSSR count). The second-order valence-electron chi connectivity index (χ2n) is 18.1. The number of anilines is 1. The number of ether oxygens (including phenoxy) is 1. The lowest BCUT2D eigenvalue weighted by molar-refractivity contribution is -0.126. The Morgan fingerprint density at radius 3 is 2.38 bits per heavy atom. The minimum Gasteiger partial charge on any atom is -0.508 e. The van der Waals surface area contributed by atoms with Gasteiger partial charge in [0.2, 0.25) is 5.91 Å². The maximum atomic E-state index is 13.5. The lowest BCUT2D eigenvalue weighted by Gasteiger charge is -2.42. The van der Waals surface area contributed by atoms with Crippen molar-refractivity contribution in [3.05, 3.63) is 136 Å². The van der Waals surface area contributed by atoms with Crippen LogP contribution in [0.3, 0.4) is 0 Å². The smallest absolute Gasteiger partial charge is 0.255 e. The van der Waals surface area contributed by atoms with Gasteiger partial charge in [-0.3, -0.25) is 9.59 Å². The van der Waals surface area contributed by atoms with E-state index in [1.807, 2.05) is 12.1 Å². The predicted octanol–water partition coefficient (Wildman–Crippen LogP) is 8.21. The van der Waals surface area contributed by atoms with E-state index in [9.17, 15) is 14.7 Å². The first-order chi connectivity index (χ1) is 28.3. The van der Waals surface area contributed by atoms with Crippen LogP contribution in [0.1, 0.15) is 113 Å². The van der Waals surface area contributed by atoms with E-state index >= 15 is 0 Å². The molecule has 3 saturated heterocycles. The first kappa shape index (κ1) is 37.2. The number of phenolic OH excluding ortho intramolecular Hbond substituents is 1. The van der Waals surface area contributed by atoms with Gasteiger partial charge < -0.3 is 29.9 Å². The van der Waals surface area contributed by atoms with Crippen molar-refractivity contribution in [1.82, 2.24) is 15.1 Å². The van der Waals surface area contributed by atoms with Crippen LogP contribution in [0.15, 0.2) is 91.1 Å². The summed E-state index contributed by atoms with van der Waals surface area (Å²) in [5, 5.41) is 13.2. The molecule has 0 saturated carbocycles. The van der Waals surface area contributed by atoms with Crippen LogP contribution in [0.5, 0.6) is 11.5 Å². The highest BCUT2D eigenvalue weighted by atomic mass is 16.5. The van der Waals surface area contributed by atoms with Crippen molar-refractivity contribution in [2.75, 3.05) is 44.7 Å². The summed E-state index contributed by atoms with van der Waals surface area (Å²) in [5.41, 5.74) is 12.0. The first-order valence-electron chi connectivity index (χ1n) is 21.7. The molecule has 58 heavy (non-hydrogen) atoms. The molecule has 6 aliphatic rings. The highest BCUT2D eigenvalue weighted by Gasteiger charge is 2.45. The number of benzene rings is 4. The topological polar surface area (TPSA) is 85.4 Å². The maximum Gasteiger partial charge on any atom is 0.255 e. The molecule has 8 nitrogen and oxygen atoms in total. The second kappa shape index (κ2) is 14.9. The average molecular weight is 777 g/mol. The molecule has 0 radical (unpaired) electrons. The van der Waals surface area contributed by atoms with Crippen molar-refractivity contribution in [1.29, 1.82) is 0 Å². The molecular weight excluding hydrogens is 721 g/mol. The zero-order chi connectivity index (χ0) is 39.5. The van der Waals surface area contributed by atoms with E-state index in [-0.39, 0.29) is 23.1 Å². The fourth-order valence-electron chi connectivity index (χ4n) is 11.8. The Morgan fingerprint density at radius 2 is 1.60 bits per heavy atom. The minimum absolute atomic E-state index is 0.00793. The maximum absolute atomic E-state index is 13.5. The zero-order valence-electron chi connectivity index (χ0n) is 33.8. The van der Waals surface area contributed by atoms with E-state index in [0.717, 1.165) is 74.4 Å². The number of likely N-dealkylation sites (tertiary alicyclic amines) is 1. The number of phenols is 1. The third-order valence-corrected chi connectivity index (χ3v) is 15.0. The summed E-state index contributed by atoms with van der Waals surface area (Å²) in [6.07, 6.45) is 10.3. The first-order valence-corrected chi connectivity index (χ1v) is 21.7. The summed E-state index contributed by atoms with van der Waals surface area (Å²) in [6, 6.07) is 27.8. The van der Waals surface area contributed by atoms with Gasteiger partial charge in [-0.2, -0.15) is 0 Å². The Morgan fingerprint density at radius 1 is 0.810 bits per heavy atom. The SMILES string of the molecule is C=C1CC[C@H](N2Cc3cc4c(cc3C2=O)CCC42CCN(CC3CCN(c4ccc([C@H]5c6ccc(O)cc6CC[C@H]5c5ccccc5)c(OC)c4)CC3)CC2)C(=O)N1. The van der Waals surface area contributed by atoms with Gasteiger partial charge in [0.25, 0.3) is 5.91 Å². The second-order valence-corrected chi connectivity index (χ2v) is 18.1. The molecule has 2 N–H and O–H groups in total. The highest BCUT2D eigenvalue weighted by Crippen LogP contribution is 2.51. The lowest BCUT2D eigenvalue weighted by Crippen LogP contribution is -2.49. The van der Waals surface area contributed by atoms with Gasteiger partial charge in [-0.05, 0) is 152 Å². The molecule has 2 amide bonds. The number of nitrogens with zero attached hydrogens (tertiary/aromatic N) is 3. The summed E-state index contributed by atoms with van der Waals surface area (Å²) in [7, 11) is 1.80. The number of allylic oxidation sites excluding steroid dienone is 1. The number of aryl methyl sites for hydroxylation is 2. The predicted molar refractivity (Wildman–Crippen MR) is 228 cm³/mol. The van der Waals surface area contributed by atoms with Crippen LogP contribution in [0.2, 0.25) is 0 Å². The number of nitrogens with one attached hydrogen (secondary N) is 1. The van der Waals surface area contributed by atoms with Crippen LogP contribution >= 0.6 is 0 Å². The fourth-order valence-corrected chi connectivity index (χ4v) is 11.8. The van der Waals surface area contributed by atoms with E-state index < -0.39 is 6.04 Å². The van der Waals surface area contributed by atoms with Gasteiger partial charge in [-0.1, -0.05) is 55.1 Å². The van der Waals surface area contributed by atoms with Crippen LogP contribution in [0.4, 0.5) is 5.69 Å². The zero-order valence-corrected chi connectivity index (χ0v) is 33.8. The Labute approximate surface area is 342 Å². The monoisotopic (exact) mass is 776 g/mol.